The summed E-state index contributed by atoms with van der Waals surface area (Å²) in [5, 5.41) is 1.42. The van der Waals surface area contributed by atoms with Gasteiger partial charge in [0.15, 0.2) is 0 Å². The molecule has 72 valence electrons. The molecule has 1 heteroatoms. The van der Waals surface area contributed by atoms with Crippen LogP contribution < -0.4 is 0 Å². The average Bonchev–Trinajstić information content (AvgIpc) is 2.85. The third kappa shape index (κ3) is 1.08. The number of benzene rings is 1. The molecule has 14 heavy (non-hydrogen) atoms. The van der Waals surface area contributed by atoms with Gasteiger partial charge in [0, 0.05) is 17.1 Å². The topological polar surface area (TPSA) is 15.8 Å². The van der Waals surface area contributed by atoms with E-state index >= 15 is 0 Å². The fraction of sp³-hybridized carbons (Fsp3) is 0.385. The molecule has 2 unspecified atom stereocenters. The molecule has 2 atom stereocenters. The summed E-state index contributed by atoms with van der Waals surface area (Å²) in [6, 6.07) is 8.81. The van der Waals surface area contributed by atoms with Crippen LogP contribution in [0.3, 0.4) is 0 Å². The number of H-pyrrole nitrogens is 1. The van der Waals surface area contributed by atoms with E-state index in [1.807, 2.05) is 6.20 Å². The molecule has 1 aromatic carbocycles. The van der Waals surface area contributed by atoms with E-state index < -0.39 is 0 Å². The molecule has 2 aromatic rings. The zero-order valence-corrected chi connectivity index (χ0v) is 8.46. The first-order valence-corrected chi connectivity index (χ1v) is 5.46. The molecule has 1 heterocycles. The van der Waals surface area contributed by atoms with Crippen LogP contribution >= 0.6 is 0 Å². The molecule has 0 aliphatic heterocycles. The number of hydrogen-bond donors (Lipinski definition) is 1. The summed E-state index contributed by atoms with van der Waals surface area (Å²) >= 11 is 0. The predicted octanol–water partition coefficient (Wildman–Crippen LogP) is 3.68. The van der Waals surface area contributed by atoms with Gasteiger partial charge >= 0.3 is 0 Å². The lowest BCUT2D eigenvalue weighted by molar-refractivity contribution is 0.768. The van der Waals surface area contributed by atoms with E-state index in [-0.39, 0.29) is 0 Å². The summed E-state index contributed by atoms with van der Waals surface area (Å²) in [5.41, 5.74) is 2.83. The first-order valence-electron chi connectivity index (χ1n) is 5.46. The Balaban J connectivity index is 2.08. The first kappa shape index (κ1) is 8.10. The van der Waals surface area contributed by atoms with Gasteiger partial charge in [-0.15, -0.1) is 0 Å². The van der Waals surface area contributed by atoms with Gasteiger partial charge in [-0.25, -0.2) is 0 Å². The van der Waals surface area contributed by atoms with Gasteiger partial charge in [-0.2, -0.15) is 0 Å². The van der Waals surface area contributed by atoms with E-state index in [0.717, 1.165) is 11.8 Å². The van der Waals surface area contributed by atoms with E-state index in [4.69, 9.17) is 0 Å². The molecule has 0 spiro atoms. The van der Waals surface area contributed by atoms with Crippen LogP contribution in [-0.4, -0.2) is 4.98 Å². The van der Waals surface area contributed by atoms with Crippen molar-refractivity contribution in [3.05, 3.63) is 36.0 Å². The molecule has 1 fully saturated rings. The minimum Gasteiger partial charge on any atom is -0.361 e. The highest BCUT2D eigenvalue weighted by Crippen LogP contribution is 2.50. The Bertz CT molecular complexity index is 455. The van der Waals surface area contributed by atoms with Crippen molar-refractivity contribution in [2.75, 3.05) is 0 Å². The van der Waals surface area contributed by atoms with Crippen molar-refractivity contribution in [2.24, 2.45) is 5.92 Å². The van der Waals surface area contributed by atoms with Gasteiger partial charge in [0.05, 0.1) is 0 Å². The Labute approximate surface area is 84.1 Å². The van der Waals surface area contributed by atoms with Crippen LogP contribution in [0.5, 0.6) is 0 Å². The van der Waals surface area contributed by atoms with Crippen LogP contribution in [0.2, 0.25) is 0 Å². The smallest absolute Gasteiger partial charge is 0.0456 e. The van der Waals surface area contributed by atoms with E-state index in [1.54, 1.807) is 5.56 Å². The summed E-state index contributed by atoms with van der Waals surface area (Å²) in [6.45, 7) is 2.29. The SMILES string of the molecule is CCC1CC1c1cccc2[nH]ccc12. The van der Waals surface area contributed by atoms with Crippen LogP contribution in [-0.2, 0) is 0 Å². The van der Waals surface area contributed by atoms with E-state index in [2.05, 4.69) is 36.2 Å². The molecule has 1 aliphatic carbocycles. The predicted molar refractivity (Wildman–Crippen MR) is 59.4 cm³/mol. The monoisotopic (exact) mass is 185 g/mol. The molecular formula is C13H15N. The average molecular weight is 185 g/mol. The third-order valence-electron chi connectivity index (χ3n) is 3.48. The van der Waals surface area contributed by atoms with Gasteiger partial charge < -0.3 is 4.98 Å². The molecule has 0 radical (unpaired) electrons. The molecule has 1 saturated carbocycles. The van der Waals surface area contributed by atoms with Crippen molar-refractivity contribution in [3.63, 3.8) is 0 Å². The van der Waals surface area contributed by atoms with Crippen molar-refractivity contribution in [3.8, 4) is 0 Å². The lowest BCUT2D eigenvalue weighted by Gasteiger charge is -2.01. The molecule has 1 aliphatic rings. The first-order chi connectivity index (χ1) is 6.90. The summed E-state index contributed by atoms with van der Waals surface area (Å²) in [7, 11) is 0. The van der Waals surface area contributed by atoms with Crippen LogP contribution in [0.1, 0.15) is 31.2 Å². The lowest BCUT2D eigenvalue weighted by atomic mass is 10.0. The van der Waals surface area contributed by atoms with Crippen LogP contribution in [0.4, 0.5) is 0 Å². The maximum atomic E-state index is 3.28. The van der Waals surface area contributed by atoms with Crippen molar-refractivity contribution >= 4 is 10.9 Å². The van der Waals surface area contributed by atoms with Crippen molar-refractivity contribution in [2.45, 2.75) is 25.7 Å². The fourth-order valence-electron chi connectivity index (χ4n) is 2.51. The minimum absolute atomic E-state index is 0.833. The Morgan fingerprint density at radius 2 is 2.29 bits per heavy atom. The van der Waals surface area contributed by atoms with Gasteiger partial charge in [-0.05, 0) is 36.0 Å². The highest BCUT2D eigenvalue weighted by molar-refractivity contribution is 5.83. The zero-order chi connectivity index (χ0) is 9.54. The molecule has 0 saturated heterocycles. The molecule has 0 bridgehead atoms. The van der Waals surface area contributed by atoms with Crippen molar-refractivity contribution in [1.82, 2.24) is 4.98 Å². The molecule has 3 rings (SSSR count). The maximum Gasteiger partial charge on any atom is 0.0456 e. The number of aromatic amines is 1. The van der Waals surface area contributed by atoms with E-state index in [9.17, 15) is 0 Å². The summed E-state index contributed by atoms with van der Waals surface area (Å²) < 4.78 is 0. The fourth-order valence-corrected chi connectivity index (χ4v) is 2.51. The second-order valence-electron chi connectivity index (χ2n) is 4.30. The third-order valence-corrected chi connectivity index (χ3v) is 3.48. The van der Waals surface area contributed by atoms with Crippen LogP contribution in [0, 0.1) is 5.92 Å². The number of rotatable bonds is 2. The minimum atomic E-state index is 0.833. The highest BCUT2D eigenvalue weighted by atomic mass is 14.7. The number of nitrogens with one attached hydrogen (secondary N) is 1. The second-order valence-corrected chi connectivity index (χ2v) is 4.30. The van der Waals surface area contributed by atoms with Gasteiger partial charge in [0.2, 0.25) is 0 Å². The Kier molecular flexibility index (Phi) is 1.66. The molecule has 1 nitrogen and oxygen atoms in total. The quantitative estimate of drug-likeness (QED) is 0.734. The number of hydrogen-bond acceptors (Lipinski definition) is 0. The lowest BCUT2D eigenvalue weighted by Crippen LogP contribution is -1.83. The van der Waals surface area contributed by atoms with Gasteiger partial charge in [-0.1, -0.05) is 25.5 Å². The molecular weight excluding hydrogens is 170 g/mol. The molecule has 1 aromatic heterocycles. The zero-order valence-electron chi connectivity index (χ0n) is 8.46. The maximum absolute atomic E-state index is 3.28. The largest absolute Gasteiger partial charge is 0.361 e. The van der Waals surface area contributed by atoms with Crippen LogP contribution in [0.25, 0.3) is 10.9 Å². The molecule has 1 N–H and O–H groups in total. The Morgan fingerprint density at radius 1 is 1.36 bits per heavy atom. The number of aromatic nitrogens is 1. The van der Waals surface area contributed by atoms with Crippen molar-refractivity contribution < 1.29 is 0 Å². The summed E-state index contributed by atoms with van der Waals surface area (Å²) in [5.74, 6) is 1.77. The second kappa shape index (κ2) is 2.88. The van der Waals surface area contributed by atoms with Crippen molar-refractivity contribution in [1.29, 1.82) is 0 Å². The van der Waals surface area contributed by atoms with E-state index in [1.165, 1.54) is 23.7 Å². The molecule has 0 amide bonds. The number of fused-ring (bicyclic) bond motifs is 1. The van der Waals surface area contributed by atoms with Crippen LogP contribution in [0.15, 0.2) is 30.5 Å². The van der Waals surface area contributed by atoms with Gasteiger partial charge in [-0.3, -0.25) is 0 Å². The van der Waals surface area contributed by atoms with Gasteiger partial charge in [0.25, 0.3) is 0 Å². The summed E-state index contributed by atoms with van der Waals surface area (Å²) in [6.07, 6.45) is 4.75. The summed E-state index contributed by atoms with van der Waals surface area (Å²) in [4.78, 5) is 3.28. The highest BCUT2D eigenvalue weighted by Gasteiger charge is 2.37. The van der Waals surface area contributed by atoms with Gasteiger partial charge in [0.1, 0.15) is 0 Å². The van der Waals surface area contributed by atoms with E-state index in [0.29, 0.717) is 0 Å². The normalized spacial score (nSPS) is 25.5. The Morgan fingerprint density at radius 3 is 3.07 bits per heavy atom. The standard InChI is InChI=1S/C13H15N/c1-2-9-8-12(9)10-4-3-5-13-11(10)6-7-14-13/h3-7,9,12,14H,2,8H2,1H3. The Hall–Kier alpha value is -1.24.